The minimum Gasteiger partial charge on any atom is -0.314 e. The predicted molar refractivity (Wildman–Crippen MR) is 106 cm³/mol. The fraction of sp³-hybridized carbons (Fsp3) is 1.00. The van der Waals surface area contributed by atoms with Crippen LogP contribution in [0.3, 0.4) is 0 Å². The summed E-state index contributed by atoms with van der Waals surface area (Å²) >= 11 is 17.5. The van der Waals surface area contributed by atoms with Gasteiger partial charge in [0, 0.05) is 0 Å². The number of nitrogens with zero attached hydrogens (tertiary/aromatic N) is 1. The molecule has 0 aliphatic heterocycles. The van der Waals surface area contributed by atoms with Crippen LogP contribution in [0.25, 0.3) is 0 Å². The van der Waals surface area contributed by atoms with Gasteiger partial charge in [0.2, 0.25) is 0 Å². The zero-order valence-corrected chi connectivity index (χ0v) is 17.9. The first-order valence-electron chi connectivity index (χ1n) is 9.26. The normalized spacial score (nSPS) is 11.6. The van der Waals surface area contributed by atoms with E-state index < -0.39 is 11.1 Å². The maximum atomic E-state index is 9.95. The van der Waals surface area contributed by atoms with E-state index in [1.165, 1.54) is 64.2 Å². The SMILES string of the molecule is O=[N+]([O-])OCCCCCCCCCCCCCCCC[Si](Cl)(Cl)Cl. The first kappa shape index (κ1) is 24.3. The molecule has 0 unspecified atom stereocenters. The summed E-state index contributed by atoms with van der Waals surface area (Å²) in [5.41, 5.74) is 0. The number of halogens is 3. The first-order valence-corrected chi connectivity index (χ1v) is 14.5. The molecule has 0 saturated carbocycles. The third-order valence-corrected chi connectivity index (χ3v) is 6.67. The van der Waals surface area contributed by atoms with Crippen molar-refractivity contribution in [3.05, 3.63) is 10.1 Å². The van der Waals surface area contributed by atoms with E-state index in [1.54, 1.807) is 0 Å². The number of hydrogen-bond donors (Lipinski definition) is 0. The molecule has 8 heteroatoms. The van der Waals surface area contributed by atoms with E-state index in [-0.39, 0.29) is 6.61 Å². The monoisotopic (exact) mass is 419 g/mol. The van der Waals surface area contributed by atoms with Gasteiger partial charge in [-0.3, -0.25) is 0 Å². The van der Waals surface area contributed by atoms with Crippen LogP contribution in [-0.2, 0) is 4.84 Å². The summed E-state index contributed by atoms with van der Waals surface area (Å²) in [6.45, 7) is 0.236. The van der Waals surface area contributed by atoms with Gasteiger partial charge in [0.05, 0.1) is 6.61 Å². The van der Waals surface area contributed by atoms with E-state index in [0.29, 0.717) is 0 Å². The Hall–Kier alpha value is 0.287. The van der Waals surface area contributed by atoms with Gasteiger partial charge in [-0.1, -0.05) is 83.5 Å². The van der Waals surface area contributed by atoms with Crippen molar-refractivity contribution >= 4 is 39.2 Å². The van der Waals surface area contributed by atoms with Crippen LogP contribution >= 0.6 is 33.2 Å². The molecule has 0 aliphatic carbocycles. The van der Waals surface area contributed by atoms with Crippen LogP contribution in [0.4, 0.5) is 0 Å². The minimum atomic E-state index is -2.39. The molecule has 4 nitrogen and oxygen atoms in total. The lowest BCUT2D eigenvalue weighted by molar-refractivity contribution is -0.757. The molecule has 24 heavy (non-hydrogen) atoms. The molecule has 0 aromatic carbocycles. The quantitative estimate of drug-likeness (QED) is 0.0767. The zero-order chi connectivity index (χ0) is 18.1. The Morgan fingerprint density at radius 3 is 1.33 bits per heavy atom. The van der Waals surface area contributed by atoms with Gasteiger partial charge in [0.15, 0.2) is 0 Å². The second-order valence-corrected chi connectivity index (χ2v) is 15.7. The van der Waals surface area contributed by atoms with Crippen molar-refractivity contribution in [1.29, 1.82) is 0 Å². The molecule has 0 aromatic rings. The van der Waals surface area contributed by atoms with Crippen molar-refractivity contribution in [3.8, 4) is 0 Å². The van der Waals surface area contributed by atoms with Gasteiger partial charge < -0.3 is 4.84 Å². The second kappa shape index (κ2) is 16.7. The van der Waals surface area contributed by atoms with Gasteiger partial charge >= 0.3 is 6.00 Å². The molecular formula is C16H32Cl3NO3Si. The van der Waals surface area contributed by atoms with Gasteiger partial charge in [0.25, 0.3) is 5.09 Å². The van der Waals surface area contributed by atoms with E-state index in [1.807, 2.05) is 0 Å². The third kappa shape index (κ3) is 22.3. The standard InChI is InChI=1S/C16H32Cl3NO3Si/c17-24(18,19)16-14-12-10-8-6-4-2-1-3-5-7-9-11-13-15-23-20(21)22/h1-16H2. The largest absolute Gasteiger partial charge is 0.341 e. The Morgan fingerprint density at radius 1 is 0.667 bits per heavy atom. The van der Waals surface area contributed by atoms with Gasteiger partial charge in [0.1, 0.15) is 0 Å². The van der Waals surface area contributed by atoms with Crippen LogP contribution in [0, 0.1) is 10.1 Å². The van der Waals surface area contributed by atoms with Crippen molar-refractivity contribution in [2.24, 2.45) is 0 Å². The topological polar surface area (TPSA) is 52.4 Å². The average molecular weight is 421 g/mol. The van der Waals surface area contributed by atoms with Crippen molar-refractivity contribution < 1.29 is 9.92 Å². The summed E-state index contributed by atoms with van der Waals surface area (Å²) in [7, 11) is 0. The first-order chi connectivity index (χ1) is 11.4. The number of rotatable bonds is 18. The zero-order valence-electron chi connectivity index (χ0n) is 14.6. The maximum absolute atomic E-state index is 9.95. The van der Waals surface area contributed by atoms with Crippen LogP contribution in [-0.4, -0.2) is 17.7 Å². The third-order valence-electron chi connectivity index (χ3n) is 4.05. The van der Waals surface area contributed by atoms with E-state index in [0.717, 1.165) is 31.7 Å². The summed E-state index contributed by atoms with van der Waals surface area (Å²) < 4.78 is 0. The molecule has 0 aliphatic rings. The highest BCUT2D eigenvalue weighted by Crippen LogP contribution is 2.27. The fourth-order valence-electron chi connectivity index (χ4n) is 2.69. The Balaban J connectivity index is 3.04. The van der Waals surface area contributed by atoms with Crippen molar-refractivity contribution in [1.82, 2.24) is 0 Å². The lowest BCUT2D eigenvalue weighted by atomic mass is 10.0. The van der Waals surface area contributed by atoms with Crippen LogP contribution in [0.15, 0.2) is 0 Å². The van der Waals surface area contributed by atoms with E-state index in [2.05, 4.69) is 4.84 Å². The van der Waals surface area contributed by atoms with Crippen LogP contribution < -0.4 is 0 Å². The Labute approximate surface area is 161 Å². The van der Waals surface area contributed by atoms with Crippen LogP contribution in [0.1, 0.15) is 89.9 Å². The average Bonchev–Trinajstić information content (AvgIpc) is 2.49. The summed E-state index contributed by atoms with van der Waals surface area (Å²) in [6, 6.07) is -1.59. The van der Waals surface area contributed by atoms with Gasteiger partial charge in [-0.2, -0.15) is 0 Å². The van der Waals surface area contributed by atoms with Gasteiger partial charge in [-0.05, 0) is 12.5 Å². The van der Waals surface area contributed by atoms with E-state index in [9.17, 15) is 10.1 Å². The highest BCUT2D eigenvalue weighted by atomic mass is 35.8. The summed E-state index contributed by atoms with van der Waals surface area (Å²) in [5.74, 6) is 0. The molecular weight excluding hydrogens is 389 g/mol. The molecule has 0 bridgehead atoms. The second-order valence-electron chi connectivity index (χ2n) is 6.37. The summed E-state index contributed by atoms with van der Waals surface area (Å²) in [4.78, 5) is 14.2. The maximum Gasteiger partial charge on any atom is 0.341 e. The van der Waals surface area contributed by atoms with Crippen molar-refractivity contribution in [2.75, 3.05) is 6.61 Å². The highest BCUT2D eigenvalue weighted by Gasteiger charge is 2.23. The van der Waals surface area contributed by atoms with Crippen molar-refractivity contribution in [3.63, 3.8) is 0 Å². The van der Waals surface area contributed by atoms with Crippen LogP contribution in [0.5, 0.6) is 0 Å². The van der Waals surface area contributed by atoms with Crippen molar-refractivity contribution in [2.45, 2.75) is 95.9 Å². The lowest BCUT2D eigenvalue weighted by Gasteiger charge is -2.07. The summed E-state index contributed by atoms with van der Waals surface area (Å²) in [5, 5.41) is 9.24. The minimum absolute atomic E-state index is 0.236. The molecule has 0 atom stereocenters. The van der Waals surface area contributed by atoms with Gasteiger partial charge in [-0.25, -0.2) is 0 Å². The van der Waals surface area contributed by atoms with Crippen LogP contribution in [0.2, 0.25) is 6.04 Å². The molecule has 0 amide bonds. The molecule has 0 N–H and O–H groups in total. The van der Waals surface area contributed by atoms with E-state index in [4.69, 9.17) is 33.2 Å². The highest BCUT2D eigenvalue weighted by molar-refractivity contribution is 7.64. The molecule has 0 fully saturated rings. The number of unbranched alkanes of at least 4 members (excludes halogenated alkanes) is 13. The lowest BCUT2D eigenvalue weighted by Crippen LogP contribution is -2.07. The molecule has 0 spiro atoms. The molecule has 0 radical (unpaired) electrons. The van der Waals surface area contributed by atoms with Gasteiger partial charge in [-0.15, -0.1) is 43.4 Å². The Kier molecular flexibility index (Phi) is 16.9. The molecule has 0 rings (SSSR count). The molecule has 0 saturated heterocycles. The molecule has 144 valence electrons. The number of hydrogen-bond acceptors (Lipinski definition) is 3. The fourth-order valence-corrected chi connectivity index (χ4v) is 4.54. The Bertz CT molecular complexity index is 305. The predicted octanol–water partition coefficient (Wildman–Crippen LogP) is 7.31. The van der Waals surface area contributed by atoms with E-state index >= 15 is 0 Å². The molecule has 0 aromatic heterocycles. The smallest absolute Gasteiger partial charge is 0.314 e. The molecule has 0 heterocycles. The summed E-state index contributed by atoms with van der Waals surface area (Å²) in [6.07, 6.45) is 16.9. The Morgan fingerprint density at radius 2 is 1.00 bits per heavy atom.